The van der Waals surface area contributed by atoms with Gasteiger partial charge >= 0.3 is 0 Å². The van der Waals surface area contributed by atoms with E-state index in [2.05, 4.69) is 19.6 Å². The predicted octanol–water partition coefficient (Wildman–Crippen LogP) is 1.77. The maximum Gasteiger partial charge on any atom is 0.264 e. The second-order valence-corrected chi connectivity index (χ2v) is 5.85. The van der Waals surface area contributed by atoms with E-state index in [1.807, 2.05) is 6.92 Å². The van der Waals surface area contributed by atoms with E-state index in [1.54, 1.807) is 24.3 Å². The zero-order valence-electron chi connectivity index (χ0n) is 9.62. The average Bonchev–Trinajstić information content (AvgIpc) is 2.82. The lowest BCUT2D eigenvalue weighted by atomic mass is 10.3. The number of benzene rings is 1. The number of nitrogens with zero attached hydrogens (tertiary/aromatic N) is 2. The average molecular weight is 284 g/mol. The van der Waals surface area contributed by atoms with E-state index in [-0.39, 0.29) is 4.90 Å². The van der Waals surface area contributed by atoms with Crippen LogP contribution >= 0.6 is 11.5 Å². The topological polar surface area (TPSA) is 84.0 Å². The van der Waals surface area contributed by atoms with Gasteiger partial charge < -0.3 is 5.32 Å². The Morgan fingerprint density at radius 2 is 2.11 bits per heavy atom. The molecule has 1 aromatic heterocycles. The van der Waals surface area contributed by atoms with Gasteiger partial charge in [-0.1, -0.05) is 16.6 Å². The smallest absolute Gasteiger partial charge is 0.264 e. The van der Waals surface area contributed by atoms with Gasteiger partial charge in [-0.15, -0.1) is 5.10 Å². The summed E-state index contributed by atoms with van der Waals surface area (Å²) in [6.45, 7) is 2.55. The minimum Gasteiger partial charge on any atom is -0.384 e. The lowest BCUT2D eigenvalue weighted by Gasteiger charge is -2.11. The van der Waals surface area contributed by atoms with E-state index in [4.69, 9.17) is 0 Å². The van der Waals surface area contributed by atoms with Crippen molar-refractivity contribution in [2.75, 3.05) is 16.6 Å². The van der Waals surface area contributed by atoms with Crippen LogP contribution < -0.4 is 10.0 Å². The standard InChI is InChI=1S/C10H12N4O2S2/c1-2-11-8-5-3-4-6-9(8)18(15,16)13-10-7-12-14-17-10/h3-7,11,13H,2H2,1H3. The summed E-state index contributed by atoms with van der Waals surface area (Å²) < 4.78 is 30.4. The number of hydrogen-bond acceptors (Lipinski definition) is 6. The molecule has 0 aliphatic heterocycles. The van der Waals surface area contributed by atoms with Crippen molar-refractivity contribution in [3.8, 4) is 0 Å². The van der Waals surface area contributed by atoms with E-state index in [9.17, 15) is 8.42 Å². The molecule has 0 aliphatic carbocycles. The van der Waals surface area contributed by atoms with Crippen LogP contribution in [0.2, 0.25) is 0 Å². The van der Waals surface area contributed by atoms with Crippen LogP contribution in [-0.2, 0) is 10.0 Å². The number of nitrogens with one attached hydrogen (secondary N) is 2. The van der Waals surface area contributed by atoms with Gasteiger partial charge in [0.15, 0.2) is 0 Å². The number of hydrogen-bond donors (Lipinski definition) is 2. The number of sulfonamides is 1. The normalized spacial score (nSPS) is 11.2. The molecule has 2 rings (SSSR count). The van der Waals surface area contributed by atoms with Crippen molar-refractivity contribution in [2.24, 2.45) is 0 Å². The molecule has 0 bridgehead atoms. The first-order valence-electron chi connectivity index (χ1n) is 5.26. The summed E-state index contributed by atoms with van der Waals surface area (Å²) in [6.07, 6.45) is 1.37. The van der Waals surface area contributed by atoms with Gasteiger partial charge in [0.2, 0.25) is 0 Å². The second kappa shape index (κ2) is 5.32. The van der Waals surface area contributed by atoms with Gasteiger partial charge in [-0.25, -0.2) is 8.42 Å². The maximum atomic E-state index is 12.2. The Morgan fingerprint density at radius 1 is 1.33 bits per heavy atom. The van der Waals surface area contributed by atoms with Gasteiger partial charge in [0, 0.05) is 18.1 Å². The summed E-state index contributed by atoms with van der Waals surface area (Å²) in [6, 6.07) is 6.74. The van der Waals surface area contributed by atoms with Crippen LogP contribution in [0.1, 0.15) is 6.92 Å². The highest BCUT2D eigenvalue weighted by Crippen LogP contribution is 2.24. The first kappa shape index (κ1) is 12.8. The molecule has 8 heteroatoms. The molecule has 18 heavy (non-hydrogen) atoms. The maximum absolute atomic E-state index is 12.2. The molecule has 0 radical (unpaired) electrons. The molecule has 0 saturated heterocycles. The van der Waals surface area contributed by atoms with Crippen LogP contribution in [0.4, 0.5) is 10.7 Å². The van der Waals surface area contributed by atoms with Gasteiger partial charge in [-0.2, -0.15) is 0 Å². The molecule has 0 aliphatic rings. The van der Waals surface area contributed by atoms with Crippen molar-refractivity contribution < 1.29 is 8.42 Å². The molecule has 0 spiro atoms. The molecule has 2 N–H and O–H groups in total. The lowest BCUT2D eigenvalue weighted by molar-refractivity contribution is 0.601. The Morgan fingerprint density at radius 3 is 2.78 bits per heavy atom. The molecule has 2 aromatic rings. The molecule has 6 nitrogen and oxygen atoms in total. The largest absolute Gasteiger partial charge is 0.384 e. The minimum absolute atomic E-state index is 0.209. The van der Waals surface area contributed by atoms with E-state index in [0.29, 0.717) is 17.2 Å². The molecule has 0 fully saturated rings. The monoisotopic (exact) mass is 284 g/mol. The van der Waals surface area contributed by atoms with Gasteiger partial charge in [-0.3, -0.25) is 4.72 Å². The third kappa shape index (κ3) is 2.77. The first-order chi connectivity index (χ1) is 8.63. The summed E-state index contributed by atoms with van der Waals surface area (Å²) in [5.74, 6) is 0. The highest BCUT2D eigenvalue weighted by Gasteiger charge is 2.18. The fourth-order valence-corrected chi connectivity index (χ4v) is 3.31. The van der Waals surface area contributed by atoms with E-state index >= 15 is 0 Å². The van der Waals surface area contributed by atoms with E-state index in [0.717, 1.165) is 11.5 Å². The van der Waals surface area contributed by atoms with Crippen LogP contribution in [0.3, 0.4) is 0 Å². The Labute approximate surface area is 109 Å². The highest BCUT2D eigenvalue weighted by molar-refractivity contribution is 7.93. The Kier molecular flexibility index (Phi) is 3.78. The minimum atomic E-state index is -3.62. The second-order valence-electron chi connectivity index (χ2n) is 3.41. The molecule has 1 heterocycles. The van der Waals surface area contributed by atoms with Crippen LogP contribution in [0.15, 0.2) is 35.4 Å². The summed E-state index contributed by atoms with van der Waals surface area (Å²) in [7, 11) is -3.62. The van der Waals surface area contributed by atoms with E-state index in [1.165, 1.54) is 6.20 Å². The summed E-state index contributed by atoms with van der Waals surface area (Å²) >= 11 is 0.992. The van der Waals surface area contributed by atoms with Crippen molar-refractivity contribution in [1.82, 2.24) is 9.59 Å². The quantitative estimate of drug-likeness (QED) is 0.874. The first-order valence-corrected chi connectivity index (χ1v) is 7.52. The molecule has 1 aromatic carbocycles. The number of rotatable bonds is 5. The summed E-state index contributed by atoms with van der Waals surface area (Å²) in [5, 5.41) is 6.99. The molecular formula is C10H12N4O2S2. The van der Waals surface area contributed by atoms with Crippen LogP contribution in [0, 0.1) is 0 Å². The van der Waals surface area contributed by atoms with Gasteiger partial charge in [0.1, 0.15) is 9.90 Å². The summed E-state index contributed by atoms with van der Waals surface area (Å²) in [5.41, 5.74) is 0.574. The Hall–Kier alpha value is -1.67. The van der Waals surface area contributed by atoms with Gasteiger partial charge in [-0.05, 0) is 19.1 Å². The molecule has 96 valence electrons. The van der Waals surface area contributed by atoms with Crippen molar-refractivity contribution in [3.63, 3.8) is 0 Å². The van der Waals surface area contributed by atoms with E-state index < -0.39 is 10.0 Å². The van der Waals surface area contributed by atoms with Crippen molar-refractivity contribution in [3.05, 3.63) is 30.5 Å². The molecule has 0 saturated carbocycles. The molecule has 0 atom stereocenters. The zero-order chi connectivity index (χ0) is 13.0. The SMILES string of the molecule is CCNc1ccccc1S(=O)(=O)Nc1cnns1. The molecule has 0 unspecified atom stereocenters. The zero-order valence-corrected chi connectivity index (χ0v) is 11.3. The van der Waals surface area contributed by atoms with Crippen molar-refractivity contribution in [1.29, 1.82) is 0 Å². The van der Waals surface area contributed by atoms with Gasteiger partial charge in [0.25, 0.3) is 10.0 Å². The predicted molar refractivity (Wildman–Crippen MR) is 71.3 cm³/mol. The third-order valence-corrected chi connectivity index (χ3v) is 4.27. The van der Waals surface area contributed by atoms with Crippen molar-refractivity contribution in [2.45, 2.75) is 11.8 Å². The highest BCUT2D eigenvalue weighted by atomic mass is 32.2. The Bertz CT molecular complexity index is 611. The number of aromatic nitrogens is 2. The fraction of sp³-hybridized carbons (Fsp3) is 0.200. The van der Waals surface area contributed by atoms with Crippen LogP contribution in [0.5, 0.6) is 0 Å². The fourth-order valence-electron chi connectivity index (χ4n) is 1.44. The number of para-hydroxylation sites is 1. The van der Waals surface area contributed by atoms with Crippen molar-refractivity contribution >= 4 is 32.2 Å². The van der Waals surface area contributed by atoms with Crippen LogP contribution in [0.25, 0.3) is 0 Å². The van der Waals surface area contributed by atoms with Crippen LogP contribution in [-0.4, -0.2) is 24.5 Å². The molecule has 0 amide bonds. The Balaban J connectivity index is 2.35. The third-order valence-electron chi connectivity index (χ3n) is 2.14. The number of anilines is 2. The lowest BCUT2D eigenvalue weighted by Crippen LogP contribution is -2.14. The summed E-state index contributed by atoms with van der Waals surface area (Å²) in [4.78, 5) is 0.209. The molecular weight excluding hydrogens is 272 g/mol. The van der Waals surface area contributed by atoms with Gasteiger partial charge in [0.05, 0.1) is 11.9 Å².